The first-order valence-electron chi connectivity index (χ1n) is 14.7. The summed E-state index contributed by atoms with van der Waals surface area (Å²) in [6, 6.07) is 5.54. The molecule has 4 nitrogen and oxygen atoms in total. The summed E-state index contributed by atoms with van der Waals surface area (Å²) in [5.41, 5.74) is 1.48. The lowest BCUT2D eigenvalue weighted by Gasteiger charge is -2.38. The van der Waals surface area contributed by atoms with Crippen LogP contribution in [0.1, 0.15) is 129 Å². The molecule has 1 spiro atoms. The summed E-state index contributed by atoms with van der Waals surface area (Å²) in [4.78, 5) is 13.2. The van der Waals surface area contributed by atoms with Crippen LogP contribution in [0.4, 0.5) is 0 Å². The maximum Gasteiger partial charge on any atom is 0.161 e. The van der Waals surface area contributed by atoms with Gasteiger partial charge in [-0.25, -0.2) is 0 Å². The minimum Gasteiger partial charge on any atom is -0.504 e. The number of aliphatic hydroxyl groups is 1. The van der Waals surface area contributed by atoms with Gasteiger partial charge >= 0.3 is 0 Å². The van der Waals surface area contributed by atoms with Crippen LogP contribution in [0.5, 0.6) is 11.5 Å². The van der Waals surface area contributed by atoms with Crippen LogP contribution >= 0.6 is 0 Å². The highest BCUT2D eigenvalue weighted by molar-refractivity contribution is 5.81. The summed E-state index contributed by atoms with van der Waals surface area (Å²) in [5.74, 6) is 0.677. The number of carbonyl (C=O) groups excluding carboxylic acids is 1. The Labute approximate surface area is 213 Å². The molecule has 1 aromatic rings. The third-order valence-electron chi connectivity index (χ3n) is 8.64. The molecule has 35 heavy (non-hydrogen) atoms. The molecule has 2 aliphatic rings. The maximum atomic E-state index is 13.2. The van der Waals surface area contributed by atoms with Crippen LogP contribution < -0.4 is 4.74 Å². The van der Waals surface area contributed by atoms with E-state index in [2.05, 4.69) is 13.8 Å². The van der Waals surface area contributed by atoms with Crippen LogP contribution in [0.2, 0.25) is 0 Å². The Morgan fingerprint density at radius 3 is 2.43 bits per heavy atom. The Bertz CT molecular complexity index is 767. The van der Waals surface area contributed by atoms with Crippen LogP contribution in [0.25, 0.3) is 0 Å². The molecule has 0 bridgehead atoms. The standard InChI is InChI=1S/C31H50O4/c1-3-5-7-13-26(27(32)14-8-6-4-2)28(33)17-15-24-16-18-29(34)30(22-24)35-25-12-11-21-31(23-25)19-9-10-20-31/h16,18,22,25-27,32,34H,3-15,17,19-21,23H2,1-2H3. The number of carbonyl (C=O) groups is 1. The van der Waals surface area contributed by atoms with Gasteiger partial charge in [0.2, 0.25) is 0 Å². The van der Waals surface area contributed by atoms with Gasteiger partial charge in [0.15, 0.2) is 11.5 Å². The fraction of sp³-hybridized carbons (Fsp3) is 0.774. The third kappa shape index (κ3) is 8.51. The normalized spacial score (nSPS) is 21.2. The Morgan fingerprint density at radius 1 is 1.03 bits per heavy atom. The van der Waals surface area contributed by atoms with Gasteiger partial charge in [-0.05, 0) is 80.9 Å². The monoisotopic (exact) mass is 486 g/mol. The lowest BCUT2D eigenvalue weighted by Crippen LogP contribution is -2.32. The second-order valence-electron chi connectivity index (χ2n) is 11.5. The SMILES string of the molecule is CCCCCC(O)C(CCCCC)C(=O)CCc1ccc(O)c(OC2CCCC3(CCCC3)C2)c1. The van der Waals surface area contributed by atoms with Crippen molar-refractivity contribution in [3.8, 4) is 11.5 Å². The first-order valence-corrected chi connectivity index (χ1v) is 14.7. The summed E-state index contributed by atoms with van der Waals surface area (Å²) in [5, 5.41) is 21.2. The minimum absolute atomic E-state index is 0.172. The molecule has 198 valence electrons. The fourth-order valence-corrected chi connectivity index (χ4v) is 6.50. The van der Waals surface area contributed by atoms with E-state index in [4.69, 9.17) is 4.74 Å². The zero-order valence-electron chi connectivity index (χ0n) is 22.4. The van der Waals surface area contributed by atoms with Gasteiger partial charge in [0.1, 0.15) is 5.78 Å². The highest BCUT2D eigenvalue weighted by atomic mass is 16.5. The molecule has 0 heterocycles. The average Bonchev–Trinajstić information content (AvgIpc) is 3.29. The molecule has 2 fully saturated rings. The van der Waals surface area contributed by atoms with Gasteiger partial charge in [0.05, 0.1) is 12.2 Å². The van der Waals surface area contributed by atoms with Gasteiger partial charge in [-0.1, -0.05) is 71.3 Å². The topological polar surface area (TPSA) is 66.8 Å². The highest BCUT2D eigenvalue weighted by Gasteiger charge is 2.39. The van der Waals surface area contributed by atoms with Crippen molar-refractivity contribution in [1.82, 2.24) is 0 Å². The number of rotatable bonds is 15. The van der Waals surface area contributed by atoms with E-state index in [1.807, 2.05) is 12.1 Å². The number of aromatic hydroxyl groups is 1. The number of aryl methyl sites for hydroxylation is 1. The van der Waals surface area contributed by atoms with Crippen molar-refractivity contribution in [3.05, 3.63) is 23.8 Å². The van der Waals surface area contributed by atoms with E-state index in [0.29, 0.717) is 24.0 Å². The minimum atomic E-state index is -0.529. The molecule has 0 saturated heterocycles. The number of hydrogen-bond acceptors (Lipinski definition) is 4. The molecule has 2 saturated carbocycles. The van der Waals surface area contributed by atoms with Crippen molar-refractivity contribution in [2.45, 2.75) is 142 Å². The fourth-order valence-electron chi connectivity index (χ4n) is 6.50. The lowest BCUT2D eigenvalue weighted by atomic mass is 9.72. The number of ketones is 1. The molecule has 3 rings (SSSR count). The van der Waals surface area contributed by atoms with E-state index in [1.54, 1.807) is 6.07 Å². The Kier molecular flexibility index (Phi) is 11.4. The van der Waals surface area contributed by atoms with E-state index in [-0.39, 0.29) is 23.6 Å². The molecule has 0 aromatic heterocycles. The van der Waals surface area contributed by atoms with Crippen molar-refractivity contribution >= 4 is 5.78 Å². The van der Waals surface area contributed by atoms with Crippen LogP contribution in [-0.2, 0) is 11.2 Å². The number of Topliss-reactive ketones (excluding diaryl/α,β-unsaturated/α-hetero) is 1. The quantitative estimate of drug-likeness (QED) is 0.247. The largest absolute Gasteiger partial charge is 0.504 e. The molecule has 4 heteroatoms. The van der Waals surface area contributed by atoms with Crippen molar-refractivity contribution in [3.63, 3.8) is 0 Å². The van der Waals surface area contributed by atoms with Crippen LogP contribution in [0, 0.1) is 11.3 Å². The van der Waals surface area contributed by atoms with E-state index in [9.17, 15) is 15.0 Å². The van der Waals surface area contributed by atoms with Crippen LogP contribution in [0.3, 0.4) is 0 Å². The maximum absolute atomic E-state index is 13.2. The number of ether oxygens (including phenoxy) is 1. The van der Waals surface area contributed by atoms with Crippen molar-refractivity contribution in [2.75, 3.05) is 0 Å². The van der Waals surface area contributed by atoms with Crippen molar-refractivity contribution < 1.29 is 19.7 Å². The number of benzene rings is 1. The zero-order valence-corrected chi connectivity index (χ0v) is 22.4. The van der Waals surface area contributed by atoms with Crippen molar-refractivity contribution in [1.29, 1.82) is 0 Å². The zero-order chi connectivity index (χ0) is 25.1. The molecule has 3 atom stereocenters. The highest BCUT2D eigenvalue weighted by Crippen LogP contribution is 2.49. The number of phenols is 1. The van der Waals surface area contributed by atoms with Gasteiger partial charge in [-0.2, -0.15) is 0 Å². The Hall–Kier alpha value is -1.55. The lowest BCUT2D eigenvalue weighted by molar-refractivity contribution is -0.126. The molecule has 1 aromatic carbocycles. The predicted octanol–water partition coefficient (Wildman–Crippen LogP) is 7.91. The predicted molar refractivity (Wildman–Crippen MR) is 143 cm³/mol. The molecule has 2 aliphatic carbocycles. The van der Waals surface area contributed by atoms with Gasteiger partial charge in [-0.15, -0.1) is 0 Å². The summed E-state index contributed by atoms with van der Waals surface area (Å²) >= 11 is 0. The smallest absolute Gasteiger partial charge is 0.161 e. The van der Waals surface area contributed by atoms with Crippen molar-refractivity contribution in [2.24, 2.45) is 11.3 Å². The molecule has 0 amide bonds. The first-order chi connectivity index (χ1) is 17.0. The van der Waals surface area contributed by atoms with Gasteiger partial charge in [0.25, 0.3) is 0 Å². The number of unbranched alkanes of at least 4 members (excludes halogenated alkanes) is 4. The molecule has 0 aliphatic heterocycles. The summed E-state index contributed by atoms with van der Waals surface area (Å²) in [6.07, 6.45) is 18.6. The van der Waals surface area contributed by atoms with Gasteiger partial charge < -0.3 is 14.9 Å². The summed E-state index contributed by atoms with van der Waals surface area (Å²) in [7, 11) is 0. The molecule has 0 radical (unpaired) electrons. The molecular formula is C31H50O4. The second kappa shape index (κ2) is 14.3. The molecule has 2 N–H and O–H groups in total. The van der Waals surface area contributed by atoms with Gasteiger partial charge in [-0.3, -0.25) is 4.79 Å². The molecule has 3 unspecified atom stereocenters. The van der Waals surface area contributed by atoms with E-state index in [0.717, 1.165) is 69.8 Å². The Morgan fingerprint density at radius 2 is 1.71 bits per heavy atom. The van der Waals surface area contributed by atoms with E-state index in [1.165, 1.54) is 38.5 Å². The number of aliphatic hydroxyl groups excluding tert-OH is 1. The second-order valence-corrected chi connectivity index (χ2v) is 11.5. The van der Waals surface area contributed by atoms with Crippen LogP contribution in [-0.4, -0.2) is 28.2 Å². The third-order valence-corrected chi connectivity index (χ3v) is 8.64. The number of hydrogen-bond donors (Lipinski definition) is 2. The number of phenolic OH excluding ortho intramolecular Hbond substituents is 1. The van der Waals surface area contributed by atoms with Crippen LogP contribution in [0.15, 0.2) is 18.2 Å². The Balaban J connectivity index is 1.57. The summed E-state index contributed by atoms with van der Waals surface area (Å²) in [6.45, 7) is 4.33. The van der Waals surface area contributed by atoms with Gasteiger partial charge in [0, 0.05) is 12.3 Å². The first kappa shape index (κ1) is 28.0. The van der Waals surface area contributed by atoms with E-state index < -0.39 is 6.10 Å². The summed E-state index contributed by atoms with van der Waals surface area (Å²) < 4.78 is 6.35. The van der Waals surface area contributed by atoms with E-state index >= 15 is 0 Å². The molecular weight excluding hydrogens is 436 g/mol. The average molecular weight is 487 g/mol.